The number of allylic oxidation sites excluding steroid dienone is 1. The van der Waals surface area contributed by atoms with Crippen LogP contribution in [0.15, 0.2) is 12.0 Å². The maximum absolute atomic E-state index is 12.1. The third kappa shape index (κ3) is 3.28. The second-order valence-electron chi connectivity index (χ2n) is 3.35. The van der Waals surface area contributed by atoms with Crippen LogP contribution in [0.3, 0.4) is 0 Å². The molecule has 0 aromatic heterocycles. The van der Waals surface area contributed by atoms with E-state index in [-0.39, 0.29) is 19.4 Å². The first-order valence-electron chi connectivity index (χ1n) is 4.73. The maximum Gasteiger partial charge on any atom is 0.534 e. The first kappa shape index (κ1) is 14.6. The summed E-state index contributed by atoms with van der Waals surface area (Å²) in [4.78, 5) is 12.0. The molecule has 6 nitrogen and oxygen atoms in total. The number of ether oxygens (including phenoxy) is 1. The summed E-state index contributed by atoms with van der Waals surface area (Å²) >= 11 is 0. The minimum atomic E-state index is -5.70. The van der Waals surface area contributed by atoms with Gasteiger partial charge in [-0.25, -0.2) is 4.79 Å². The van der Waals surface area contributed by atoms with Crippen molar-refractivity contribution < 1.29 is 35.3 Å². The Morgan fingerprint density at radius 3 is 2.56 bits per heavy atom. The van der Waals surface area contributed by atoms with E-state index in [1.165, 1.54) is 0 Å². The maximum atomic E-state index is 12.1. The summed E-state index contributed by atoms with van der Waals surface area (Å²) in [5, 5.41) is 0. The highest BCUT2D eigenvalue weighted by Gasteiger charge is 2.49. The normalized spacial score (nSPS) is 17.1. The van der Waals surface area contributed by atoms with Crippen LogP contribution in [0.4, 0.5) is 18.0 Å². The molecule has 0 saturated carbocycles. The number of carbonyl (C=O) groups is 1. The number of alkyl halides is 3. The number of amides is 1. The molecule has 0 fully saturated rings. The summed E-state index contributed by atoms with van der Waals surface area (Å²) in [5.41, 5.74) is -5.50. The molecule has 0 atom stereocenters. The van der Waals surface area contributed by atoms with Gasteiger partial charge in [0.05, 0.1) is 7.11 Å². The lowest BCUT2D eigenvalue weighted by atomic mass is 10.2. The topological polar surface area (TPSA) is 72.9 Å². The minimum absolute atomic E-state index is 0.0111. The monoisotopic (exact) mass is 289 g/mol. The molecule has 0 aromatic rings. The molecular weight excluding hydrogens is 279 g/mol. The Hall–Kier alpha value is -1.45. The Morgan fingerprint density at radius 1 is 1.44 bits per heavy atom. The average Bonchev–Trinajstić information content (AvgIpc) is 2.26. The van der Waals surface area contributed by atoms with Gasteiger partial charge in [0.2, 0.25) is 0 Å². The first-order chi connectivity index (χ1) is 8.17. The zero-order valence-corrected chi connectivity index (χ0v) is 10.0. The van der Waals surface area contributed by atoms with Crippen LogP contribution in [-0.4, -0.2) is 38.6 Å². The van der Waals surface area contributed by atoms with Crippen molar-refractivity contribution in [2.24, 2.45) is 0 Å². The van der Waals surface area contributed by atoms with E-state index in [1.807, 2.05) is 0 Å². The fraction of sp³-hybridized carbons (Fsp3) is 0.625. The number of halogens is 3. The highest BCUT2D eigenvalue weighted by molar-refractivity contribution is 7.87. The van der Waals surface area contributed by atoms with Gasteiger partial charge >= 0.3 is 21.7 Å². The van der Waals surface area contributed by atoms with E-state index >= 15 is 0 Å². The molecule has 104 valence electrons. The van der Waals surface area contributed by atoms with Crippen LogP contribution >= 0.6 is 0 Å². The highest BCUT2D eigenvalue weighted by atomic mass is 32.2. The van der Waals surface area contributed by atoms with Gasteiger partial charge in [0, 0.05) is 19.2 Å². The SMILES string of the molecule is COC(=O)N1C=C(OS(=O)(=O)C(F)(F)F)CCC1. The van der Waals surface area contributed by atoms with Gasteiger partial charge < -0.3 is 8.92 Å². The molecule has 0 saturated heterocycles. The summed E-state index contributed by atoms with van der Waals surface area (Å²) in [6.45, 7) is 0.214. The molecule has 18 heavy (non-hydrogen) atoms. The molecule has 0 aromatic carbocycles. The molecule has 1 rings (SSSR count). The largest absolute Gasteiger partial charge is 0.534 e. The lowest BCUT2D eigenvalue weighted by molar-refractivity contribution is -0.0525. The van der Waals surface area contributed by atoms with E-state index in [0.29, 0.717) is 0 Å². The van der Waals surface area contributed by atoms with Gasteiger partial charge in [-0.15, -0.1) is 0 Å². The van der Waals surface area contributed by atoms with Gasteiger partial charge in [-0.2, -0.15) is 21.6 Å². The van der Waals surface area contributed by atoms with Crippen LogP contribution in [0.2, 0.25) is 0 Å². The highest BCUT2D eigenvalue weighted by Crippen LogP contribution is 2.29. The van der Waals surface area contributed by atoms with Crippen molar-refractivity contribution in [3.63, 3.8) is 0 Å². The molecule has 0 unspecified atom stereocenters. The predicted molar refractivity (Wildman–Crippen MR) is 52.5 cm³/mol. The molecule has 0 N–H and O–H groups in total. The zero-order valence-electron chi connectivity index (χ0n) is 9.23. The summed E-state index contributed by atoms with van der Waals surface area (Å²) < 4.78 is 66.0. The summed E-state index contributed by atoms with van der Waals surface area (Å²) in [7, 11) is -4.61. The fourth-order valence-electron chi connectivity index (χ4n) is 1.24. The molecule has 10 heteroatoms. The van der Waals surface area contributed by atoms with Crippen LogP contribution in [0.25, 0.3) is 0 Å². The molecular formula is C8H10F3NO5S. The Balaban J connectivity index is 2.85. The van der Waals surface area contributed by atoms with E-state index in [0.717, 1.165) is 18.2 Å². The number of carbonyl (C=O) groups excluding carboxylic acids is 1. The molecule has 0 spiro atoms. The van der Waals surface area contributed by atoms with Crippen molar-refractivity contribution in [2.45, 2.75) is 18.3 Å². The minimum Gasteiger partial charge on any atom is -0.452 e. The number of rotatable bonds is 2. The molecule has 1 aliphatic heterocycles. The van der Waals surface area contributed by atoms with E-state index in [9.17, 15) is 26.4 Å². The predicted octanol–water partition coefficient (Wildman–Crippen LogP) is 1.56. The van der Waals surface area contributed by atoms with Crippen LogP contribution in [0, 0.1) is 0 Å². The van der Waals surface area contributed by atoms with Gasteiger partial charge in [-0.05, 0) is 6.42 Å². The standard InChI is InChI=1S/C8H10F3NO5S/c1-16-7(13)12-4-2-3-6(5-12)17-18(14,15)8(9,10)11/h5H,2-4H2,1H3. The number of nitrogens with zero attached hydrogens (tertiary/aromatic N) is 1. The van der Waals surface area contributed by atoms with E-state index in [2.05, 4.69) is 8.92 Å². The second kappa shape index (κ2) is 5.04. The van der Waals surface area contributed by atoms with Crippen LogP contribution < -0.4 is 0 Å². The Morgan fingerprint density at radius 2 is 2.06 bits per heavy atom. The van der Waals surface area contributed by atoms with Crippen molar-refractivity contribution in [3.8, 4) is 0 Å². The molecule has 0 radical (unpaired) electrons. The summed E-state index contributed by atoms with van der Waals surface area (Å²) in [5.74, 6) is -0.455. The first-order valence-corrected chi connectivity index (χ1v) is 6.14. The third-order valence-corrected chi connectivity index (χ3v) is 3.03. The second-order valence-corrected chi connectivity index (χ2v) is 4.88. The molecule has 1 aliphatic rings. The average molecular weight is 289 g/mol. The van der Waals surface area contributed by atoms with Crippen molar-refractivity contribution in [1.82, 2.24) is 4.90 Å². The Labute approximate surface area is 101 Å². The van der Waals surface area contributed by atoms with Crippen LogP contribution in [0.5, 0.6) is 0 Å². The van der Waals surface area contributed by atoms with Crippen molar-refractivity contribution >= 4 is 16.2 Å². The fourth-order valence-corrected chi connectivity index (χ4v) is 1.74. The Bertz CT molecular complexity index is 456. The molecule has 0 bridgehead atoms. The lowest BCUT2D eigenvalue weighted by Gasteiger charge is -2.23. The van der Waals surface area contributed by atoms with Crippen molar-refractivity contribution in [2.75, 3.05) is 13.7 Å². The third-order valence-electron chi connectivity index (χ3n) is 2.03. The van der Waals surface area contributed by atoms with E-state index < -0.39 is 27.5 Å². The quantitative estimate of drug-likeness (QED) is 0.569. The molecule has 0 aliphatic carbocycles. The van der Waals surface area contributed by atoms with E-state index in [1.54, 1.807) is 0 Å². The number of hydrogen-bond donors (Lipinski definition) is 0. The van der Waals surface area contributed by atoms with Crippen LogP contribution in [-0.2, 0) is 19.0 Å². The summed E-state index contributed by atoms with van der Waals surface area (Å²) in [6, 6.07) is 0. The van der Waals surface area contributed by atoms with Gasteiger partial charge in [-0.3, -0.25) is 4.90 Å². The van der Waals surface area contributed by atoms with Gasteiger partial charge in [0.15, 0.2) is 0 Å². The van der Waals surface area contributed by atoms with Gasteiger partial charge in [0.1, 0.15) is 5.76 Å². The van der Waals surface area contributed by atoms with Crippen molar-refractivity contribution in [1.29, 1.82) is 0 Å². The summed E-state index contributed by atoms with van der Waals surface area (Å²) in [6.07, 6.45) is 0.343. The van der Waals surface area contributed by atoms with Crippen LogP contribution in [0.1, 0.15) is 12.8 Å². The van der Waals surface area contributed by atoms with Gasteiger partial charge in [0.25, 0.3) is 0 Å². The number of methoxy groups -OCH3 is 1. The van der Waals surface area contributed by atoms with Gasteiger partial charge in [-0.1, -0.05) is 0 Å². The zero-order chi connectivity index (χ0) is 14.0. The van der Waals surface area contributed by atoms with Crippen molar-refractivity contribution in [3.05, 3.63) is 12.0 Å². The molecule has 1 heterocycles. The lowest BCUT2D eigenvalue weighted by Crippen LogP contribution is -2.32. The van der Waals surface area contributed by atoms with E-state index in [4.69, 9.17) is 0 Å². The smallest absolute Gasteiger partial charge is 0.452 e. The molecule has 1 amide bonds. The number of hydrogen-bond acceptors (Lipinski definition) is 5. The Kier molecular flexibility index (Phi) is 4.09.